The van der Waals surface area contributed by atoms with Crippen molar-refractivity contribution in [2.45, 2.75) is 44.9 Å². The van der Waals surface area contributed by atoms with Crippen molar-refractivity contribution in [3.63, 3.8) is 0 Å². The molecule has 2 rings (SSSR count). The molecule has 3 unspecified atom stereocenters. The first kappa shape index (κ1) is 11.6. The standard InChI is InChI=1S/C14H21NO/c1-3-11(2)15-13-9-10-16-14(13)12-7-5-4-6-8-12/h4-8,11,13-15H,3,9-10H2,1-2H3. The van der Waals surface area contributed by atoms with E-state index in [2.05, 4.69) is 49.5 Å². The molecule has 0 aliphatic carbocycles. The predicted molar refractivity (Wildman–Crippen MR) is 66.4 cm³/mol. The van der Waals surface area contributed by atoms with Crippen molar-refractivity contribution in [2.75, 3.05) is 6.61 Å². The first-order chi connectivity index (χ1) is 7.81. The van der Waals surface area contributed by atoms with Gasteiger partial charge in [0, 0.05) is 18.7 Å². The van der Waals surface area contributed by atoms with Gasteiger partial charge in [0.25, 0.3) is 0 Å². The molecule has 1 fully saturated rings. The van der Waals surface area contributed by atoms with Gasteiger partial charge in [-0.3, -0.25) is 0 Å². The van der Waals surface area contributed by atoms with Crippen molar-refractivity contribution < 1.29 is 4.74 Å². The zero-order chi connectivity index (χ0) is 11.4. The molecule has 2 heteroatoms. The number of hydrogen-bond acceptors (Lipinski definition) is 2. The highest BCUT2D eigenvalue weighted by Crippen LogP contribution is 2.29. The summed E-state index contributed by atoms with van der Waals surface area (Å²) >= 11 is 0. The second-order valence-corrected chi connectivity index (χ2v) is 4.57. The summed E-state index contributed by atoms with van der Waals surface area (Å²) < 4.78 is 5.83. The first-order valence-electron chi connectivity index (χ1n) is 6.24. The zero-order valence-electron chi connectivity index (χ0n) is 10.1. The molecule has 1 aliphatic heterocycles. The Kier molecular flexibility index (Phi) is 3.97. The maximum absolute atomic E-state index is 5.83. The van der Waals surface area contributed by atoms with E-state index in [4.69, 9.17) is 4.74 Å². The largest absolute Gasteiger partial charge is 0.372 e. The molecule has 0 bridgehead atoms. The molecule has 1 aliphatic rings. The van der Waals surface area contributed by atoms with Crippen LogP contribution >= 0.6 is 0 Å². The third kappa shape index (κ3) is 2.63. The van der Waals surface area contributed by atoms with E-state index in [0.717, 1.165) is 19.4 Å². The van der Waals surface area contributed by atoms with Gasteiger partial charge in [0.15, 0.2) is 0 Å². The SMILES string of the molecule is CCC(C)NC1CCOC1c1ccccc1. The Bertz CT molecular complexity index is 312. The van der Waals surface area contributed by atoms with Gasteiger partial charge in [-0.15, -0.1) is 0 Å². The Balaban J connectivity index is 2.04. The average molecular weight is 219 g/mol. The summed E-state index contributed by atoms with van der Waals surface area (Å²) in [4.78, 5) is 0. The molecule has 1 N–H and O–H groups in total. The highest BCUT2D eigenvalue weighted by atomic mass is 16.5. The fraction of sp³-hybridized carbons (Fsp3) is 0.571. The second-order valence-electron chi connectivity index (χ2n) is 4.57. The summed E-state index contributed by atoms with van der Waals surface area (Å²) in [5, 5.41) is 3.65. The van der Waals surface area contributed by atoms with Gasteiger partial charge in [0.1, 0.15) is 0 Å². The number of rotatable bonds is 4. The number of ether oxygens (including phenoxy) is 1. The summed E-state index contributed by atoms with van der Waals surface area (Å²) in [6, 6.07) is 11.6. The maximum atomic E-state index is 5.83. The molecule has 2 nitrogen and oxygen atoms in total. The highest BCUT2D eigenvalue weighted by Gasteiger charge is 2.29. The molecule has 1 saturated heterocycles. The quantitative estimate of drug-likeness (QED) is 0.840. The lowest BCUT2D eigenvalue weighted by Crippen LogP contribution is -2.37. The van der Waals surface area contributed by atoms with Gasteiger partial charge in [-0.2, -0.15) is 0 Å². The van der Waals surface area contributed by atoms with Crippen LogP contribution in [0, 0.1) is 0 Å². The summed E-state index contributed by atoms with van der Waals surface area (Å²) in [5.74, 6) is 0. The van der Waals surface area contributed by atoms with Crippen molar-refractivity contribution in [1.82, 2.24) is 5.32 Å². The molecule has 0 saturated carbocycles. The van der Waals surface area contributed by atoms with Crippen LogP contribution in [0.15, 0.2) is 30.3 Å². The topological polar surface area (TPSA) is 21.3 Å². The minimum Gasteiger partial charge on any atom is -0.372 e. The Labute approximate surface area is 98.0 Å². The minimum absolute atomic E-state index is 0.232. The summed E-state index contributed by atoms with van der Waals surface area (Å²) in [6.45, 7) is 5.32. The van der Waals surface area contributed by atoms with Crippen molar-refractivity contribution in [3.8, 4) is 0 Å². The van der Waals surface area contributed by atoms with Crippen LogP contribution in [0.1, 0.15) is 38.4 Å². The lowest BCUT2D eigenvalue weighted by atomic mass is 10.0. The summed E-state index contributed by atoms with van der Waals surface area (Å²) in [5.41, 5.74) is 1.29. The molecular formula is C14H21NO. The van der Waals surface area contributed by atoms with Crippen LogP contribution in [0.4, 0.5) is 0 Å². The van der Waals surface area contributed by atoms with Gasteiger partial charge >= 0.3 is 0 Å². The molecule has 88 valence electrons. The summed E-state index contributed by atoms with van der Waals surface area (Å²) in [7, 11) is 0. The molecule has 16 heavy (non-hydrogen) atoms. The van der Waals surface area contributed by atoms with Gasteiger partial charge in [-0.05, 0) is 25.3 Å². The highest BCUT2D eigenvalue weighted by molar-refractivity contribution is 5.20. The molecular weight excluding hydrogens is 198 g/mol. The second kappa shape index (κ2) is 5.46. The van der Waals surface area contributed by atoms with Crippen molar-refractivity contribution in [1.29, 1.82) is 0 Å². The van der Waals surface area contributed by atoms with Crippen LogP contribution in [0.2, 0.25) is 0 Å². The number of hydrogen-bond donors (Lipinski definition) is 1. The fourth-order valence-electron chi connectivity index (χ4n) is 2.21. The van der Waals surface area contributed by atoms with Crippen molar-refractivity contribution in [3.05, 3.63) is 35.9 Å². The molecule has 1 heterocycles. The van der Waals surface area contributed by atoms with E-state index < -0.39 is 0 Å². The van der Waals surface area contributed by atoms with E-state index >= 15 is 0 Å². The van der Waals surface area contributed by atoms with Crippen LogP contribution in [0.25, 0.3) is 0 Å². The number of benzene rings is 1. The molecule has 1 aromatic rings. The molecule has 0 radical (unpaired) electrons. The van der Waals surface area contributed by atoms with Crippen molar-refractivity contribution >= 4 is 0 Å². The van der Waals surface area contributed by atoms with Gasteiger partial charge in [0.2, 0.25) is 0 Å². The van der Waals surface area contributed by atoms with Crippen LogP contribution in [-0.4, -0.2) is 18.7 Å². The smallest absolute Gasteiger partial charge is 0.0978 e. The lowest BCUT2D eigenvalue weighted by Gasteiger charge is -2.23. The average Bonchev–Trinajstić information content (AvgIpc) is 2.78. The zero-order valence-corrected chi connectivity index (χ0v) is 10.1. The summed E-state index contributed by atoms with van der Waals surface area (Å²) in [6.07, 6.45) is 2.51. The van der Waals surface area contributed by atoms with E-state index in [1.165, 1.54) is 5.56 Å². The minimum atomic E-state index is 0.232. The molecule has 1 aromatic carbocycles. The van der Waals surface area contributed by atoms with Gasteiger partial charge in [-0.1, -0.05) is 37.3 Å². The van der Waals surface area contributed by atoms with E-state index in [9.17, 15) is 0 Å². The Morgan fingerprint density at radius 2 is 2.12 bits per heavy atom. The van der Waals surface area contributed by atoms with E-state index in [-0.39, 0.29) is 6.10 Å². The van der Waals surface area contributed by atoms with E-state index in [1.807, 2.05) is 0 Å². The van der Waals surface area contributed by atoms with Gasteiger partial charge in [0.05, 0.1) is 6.10 Å². The maximum Gasteiger partial charge on any atom is 0.0978 e. The van der Waals surface area contributed by atoms with E-state index in [1.54, 1.807) is 0 Å². The normalized spacial score (nSPS) is 26.9. The van der Waals surface area contributed by atoms with Crippen LogP contribution in [0.5, 0.6) is 0 Å². The van der Waals surface area contributed by atoms with Gasteiger partial charge < -0.3 is 10.1 Å². The third-order valence-corrected chi connectivity index (χ3v) is 3.33. The third-order valence-electron chi connectivity index (χ3n) is 3.33. The van der Waals surface area contributed by atoms with Crippen molar-refractivity contribution in [2.24, 2.45) is 0 Å². The van der Waals surface area contributed by atoms with Crippen LogP contribution in [0.3, 0.4) is 0 Å². The molecule has 0 spiro atoms. The fourth-order valence-corrected chi connectivity index (χ4v) is 2.21. The monoisotopic (exact) mass is 219 g/mol. The predicted octanol–water partition coefficient (Wildman–Crippen LogP) is 2.90. The molecule has 0 aromatic heterocycles. The Hall–Kier alpha value is -0.860. The molecule has 0 amide bonds. The Morgan fingerprint density at radius 3 is 2.81 bits per heavy atom. The number of nitrogens with one attached hydrogen (secondary N) is 1. The van der Waals surface area contributed by atoms with E-state index in [0.29, 0.717) is 12.1 Å². The van der Waals surface area contributed by atoms with Gasteiger partial charge in [-0.25, -0.2) is 0 Å². The first-order valence-corrected chi connectivity index (χ1v) is 6.24. The lowest BCUT2D eigenvalue weighted by molar-refractivity contribution is 0.0967. The molecule has 3 atom stereocenters. The van der Waals surface area contributed by atoms with Crippen LogP contribution in [-0.2, 0) is 4.74 Å². The van der Waals surface area contributed by atoms with Crippen LogP contribution < -0.4 is 5.32 Å². The Morgan fingerprint density at radius 1 is 1.38 bits per heavy atom.